The monoisotopic (exact) mass is 343 g/mol. The smallest absolute Gasteiger partial charge is 0.350 e. The van der Waals surface area contributed by atoms with Crippen LogP contribution in [-0.4, -0.2) is 36.5 Å². The molecule has 1 amide bonds. The van der Waals surface area contributed by atoms with Crippen LogP contribution < -0.4 is 5.32 Å². The predicted octanol–water partition coefficient (Wildman–Crippen LogP) is 3.33. The summed E-state index contributed by atoms with van der Waals surface area (Å²) in [5.74, 6) is -0.658. The lowest BCUT2D eigenvalue weighted by atomic mass is 10.1. The van der Waals surface area contributed by atoms with Gasteiger partial charge in [0.2, 0.25) is 0 Å². The van der Waals surface area contributed by atoms with E-state index in [1.165, 1.54) is 6.20 Å². The fourth-order valence-electron chi connectivity index (χ4n) is 2.25. The highest BCUT2D eigenvalue weighted by atomic mass is 16.5. The Morgan fingerprint density at radius 3 is 2.24 bits per heavy atom. The summed E-state index contributed by atoms with van der Waals surface area (Å²) in [4.78, 5) is 25.9. The molecular weight excluding hydrogens is 318 g/mol. The molecule has 134 valence electrons. The van der Waals surface area contributed by atoms with Gasteiger partial charge in [-0.25, -0.2) is 4.79 Å². The highest BCUT2D eigenvalue weighted by Crippen LogP contribution is 2.13. The Kier molecular flexibility index (Phi) is 8.80. The molecule has 0 aliphatic heterocycles. The van der Waals surface area contributed by atoms with Gasteiger partial charge in [-0.3, -0.25) is 4.79 Å². The fourth-order valence-corrected chi connectivity index (χ4v) is 2.25. The van der Waals surface area contributed by atoms with Crippen LogP contribution in [0.1, 0.15) is 44.0 Å². The number of nitriles is 1. The van der Waals surface area contributed by atoms with Crippen molar-refractivity contribution in [2.75, 3.05) is 25.0 Å². The maximum absolute atomic E-state index is 12.5. The molecule has 1 aromatic rings. The third kappa shape index (κ3) is 6.30. The number of carbonyl (C=O) groups excluding carboxylic acids is 2. The van der Waals surface area contributed by atoms with E-state index in [0.717, 1.165) is 25.9 Å². The number of esters is 1. The lowest BCUT2D eigenvalue weighted by molar-refractivity contribution is -0.138. The van der Waals surface area contributed by atoms with Crippen molar-refractivity contribution < 1.29 is 14.3 Å². The summed E-state index contributed by atoms with van der Waals surface area (Å²) < 4.78 is 4.79. The summed E-state index contributed by atoms with van der Waals surface area (Å²) in [6, 6.07) is 8.72. The van der Waals surface area contributed by atoms with Crippen LogP contribution in [0.15, 0.2) is 36.0 Å². The fraction of sp³-hybridized carbons (Fsp3) is 0.421. The number of nitrogens with one attached hydrogen (secondary N) is 1. The average molecular weight is 343 g/mol. The Morgan fingerprint density at radius 1 is 1.16 bits per heavy atom. The SMILES string of the molecule is CCCN(CCC)C(=O)c1ccc(N/C=C(\C#N)C(=O)OCC)cc1. The van der Waals surface area contributed by atoms with E-state index in [4.69, 9.17) is 10.00 Å². The van der Waals surface area contributed by atoms with Crippen LogP contribution in [0.25, 0.3) is 0 Å². The molecule has 0 saturated carbocycles. The molecule has 0 fully saturated rings. The molecule has 0 saturated heterocycles. The summed E-state index contributed by atoms with van der Waals surface area (Å²) in [7, 11) is 0. The Balaban J connectivity index is 2.80. The first-order chi connectivity index (χ1) is 12.1. The Bertz CT molecular complexity index is 639. The van der Waals surface area contributed by atoms with E-state index in [9.17, 15) is 9.59 Å². The van der Waals surface area contributed by atoms with Crippen molar-refractivity contribution >= 4 is 17.6 Å². The molecule has 0 radical (unpaired) electrons. The molecule has 0 heterocycles. The summed E-state index contributed by atoms with van der Waals surface area (Å²) in [5, 5.41) is 11.8. The van der Waals surface area contributed by atoms with E-state index in [2.05, 4.69) is 5.32 Å². The van der Waals surface area contributed by atoms with Crippen LogP contribution in [0.2, 0.25) is 0 Å². The molecule has 6 nitrogen and oxygen atoms in total. The van der Waals surface area contributed by atoms with Gasteiger partial charge in [0.15, 0.2) is 5.57 Å². The summed E-state index contributed by atoms with van der Waals surface area (Å²) in [6.07, 6.45) is 3.14. The first-order valence-corrected chi connectivity index (χ1v) is 8.50. The van der Waals surface area contributed by atoms with Gasteiger partial charge >= 0.3 is 5.97 Å². The number of nitrogens with zero attached hydrogens (tertiary/aromatic N) is 2. The third-order valence-electron chi connectivity index (χ3n) is 3.41. The van der Waals surface area contributed by atoms with E-state index in [-0.39, 0.29) is 18.1 Å². The van der Waals surface area contributed by atoms with Crippen molar-refractivity contribution in [2.45, 2.75) is 33.6 Å². The lowest BCUT2D eigenvalue weighted by Crippen LogP contribution is -2.32. The highest BCUT2D eigenvalue weighted by molar-refractivity contribution is 5.95. The molecule has 0 spiro atoms. The van der Waals surface area contributed by atoms with E-state index in [0.29, 0.717) is 11.3 Å². The number of amides is 1. The molecular formula is C19H25N3O3. The second-order valence-electron chi connectivity index (χ2n) is 5.40. The van der Waals surface area contributed by atoms with E-state index in [1.54, 1.807) is 37.3 Å². The highest BCUT2D eigenvalue weighted by Gasteiger charge is 2.14. The van der Waals surface area contributed by atoms with Crippen molar-refractivity contribution in [3.05, 3.63) is 41.6 Å². The predicted molar refractivity (Wildman–Crippen MR) is 96.9 cm³/mol. The van der Waals surface area contributed by atoms with Gasteiger partial charge in [0.1, 0.15) is 6.07 Å². The molecule has 1 N–H and O–H groups in total. The van der Waals surface area contributed by atoms with Gasteiger partial charge in [0.05, 0.1) is 6.61 Å². The first kappa shape index (κ1) is 20.2. The van der Waals surface area contributed by atoms with Gasteiger partial charge in [-0.2, -0.15) is 5.26 Å². The molecule has 6 heteroatoms. The van der Waals surface area contributed by atoms with Gasteiger partial charge in [-0.05, 0) is 44.0 Å². The molecule has 25 heavy (non-hydrogen) atoms. The molecule has 0 aliphatic carbocycles. The summed E-state index contributed by atoms with van der Waals surface area (Å²) >= 11 is 0. The van der Waals surface area contributed by atoms with Gasteiger partial charge in [-0.1, -0.05) is 13.8 Å². The standard InChI is InChI=1S/C19H25N3O3/c1-4-11-22(12-5-2)18(23)15-7-9-17(10-8-15)21-14-16(13-20)19(24)25-6-3/h7-10,14,21H,4-6,11-12H2,1-3H3/b16-14+. The van der Waals surface area contributed by atoms with Crippen molar-refractivity contribution in [3.8, 4) is 6.07 Å². The molecule has 0 bridgehead atoms. The van der Waals surface area contributed by atoms with Crippen LogP contribution in [0, 0.1) is 11.3 Å². The zero-order valence-corrected chi connectivity index (χ0v) is 15.0. The van der Waals surface area contributed by atoms with Gasteiger partial charge < -0.3 is 15.0 Å². The summed E-state index contributed by atoms with van der Waals surface area (Å²) in [6.45, 7) is 7.45. The van der Waals surface area contributed by atoms with Crippen LogP contribution in [0.3, 0.4) is 0 Å². The van der Waals surface area contributed by atoms with E-state index < -0.39 is 5.97 Å². The van der Waals surface area contributed by atoms with E-state index >= 15 is 0 Å². The quantitative estimate of drug-likeness (QED) is 0.422. The van der Waals surface area contributed by atoms with Crippen molar-refractivity contribution in [2.24, 2.45) is 0 Å². The van der Waals surface area contributed by atoms with Gasteiger partial charge in [0, 0.05) is 30.5 Å². The number of anilines is 1. The topological polar surface area (TPSA) is 82.4 Å². The Morgan fingerprint density at radius 2 is 1.76 bits per heavy atom. The average Bonchev–Trinajstić information content (AvgIpc) is 2.62. The zero-order chi connectivity index (χ0) is 18.7. The second kappa shape index (κ2) is 10.9. The second-order valence-corrected chi connectivity index (χ2v) is 5.40. The number of carbonyl (C=O) groups is 2. The normalized spacial score (nSPS) is 10.7. The number of hydrogen-bond donors (Lipinski definition) is 1. The lowest BCUT2D eigenvalue weighted by Gasteiger charge is -2.21. The Hall–Kier alpha value is -2.81. The van der Waals surface area contributed by atoms with Gasteiger partial charge in [-0.15, -0.1) is 0 Å². The minimum atomic E-state index is -0.668. The van der Waals surface area contributed by atoms with Crippen molar-refractivity contribution in [1.29, 1.82) is 5.26 Å². The zero-order valence-electron chi connectivity index (χ0n) is 15.0. The van der Waals surface area contributed by atoms with E-state index in [1.807, 2.05) is 18.7 Å². The molecule has 0 aromatic heterocycles. The molecule has 0 unspecified atom stereocenters. The largest absolute Gasteiger partial charge is 0.462 e. The minimum absolute atomic E-state index is 0.00929. The van der Waals surface area contributed by atoms with Gasteiger partial charge in [0.25, 0.3) is 5.91 Å². The number of benzene rings is 1. The molecule has 0 aliphatic rings. The van der Waals surface area contributed by atoms with Crippen molar-refractivity contribution in [1.82, 2.24) is 4.90 Å². The van der Waals surface area contributed by atoms with Crippen LogP contribution >= 0.6 is 0 Å². The van der Waals surface area contributed by atoms with Crippen molar-refractivity contribution in [3.63, 3.8) is 0 Å². The maximum Gasteiger partial charge on any atom is 0.350 e. The van der Waals surface area contributed by atoms with Crippen LogP contribution in [-0.2, 0) is 9.53 Å². The van der Waals surface area contributed by atoms with Crippen LogP contribution in [0.5, 0.6) is 0 Å². The molecule has 0 atom stereocenters. The molecule has 1 rings (SSSR count). The number of rotatable bonds is 9. The first-order valence-electron chi connectivity index (χ1n) is 8.50. The Labute approximate surface area is 149 Å². The maximum atomic E-state index is 12.5. The number of hydrogen-bond acceptors (Lipinski definition) is 5. The van der Waals surface area contributed by atoms with Crippen LogP contribution in [0.4, 0.5) is 5.69 Å². The minimum Gasteiger partial charge on any atom is -0.462 e. The molecule has 1 aromatic carbocycles. The summed E-state index contributed by atoms with van der Waals surface area (Å²) in [5.41, 5.74) is 1.17. The number of ether oxygens (including phenoxy) is 1. The third-order valence-corrected chi connectivity index (χ3v) is 3.41.